The molecule has 0 radical (unpaired) electrons. The Labute approximate surface area is 163 Å². The van der Waals surface area contributed by atoms with Crippen LogP contribution in [0.5, 0.6) is 0 Å². The Bertz CT molecular complexity index is 1190. The SMILES string of the molecule is CCN(CC)c1ccc2cc(-n3cc(-c4ccccc4C)nn3)c(=O)oc2c1. The van der Waals surface area contributed by atoms with Crippen molar-refractivity contribution < 1.29 is 4.42 Å². The zero-order chi connectivity index (χ0) is 19.7. The number of aromatic nitrogens is 3. The van der Waals surface area contributed by atoms with E-state index in [2.05, 4.69) is 29.1 Å². The van der Waals surface area contributed by atoms with Crippen molar-refractivity contribution >= 4 is 16.7 Å². The highest BCUT2D eigenvalue weighted by molar-refractivity contribution is 5.82. The molecule has 0 N–H and O–H groups in total. The van der Waals surface area contributed by atoms with Crippen molar-refractivity contribution in [2.24, 2.45) is 0 Å². The molecule has 0 atom stereocenters. The summed E-state index contributed by atoms with van der Waals surface area (Å²) in [5.74, 6) is 0. The number of nitrogens with zero attached hydrogens (tertiary/aromatic N) is 4. The third kappa shape index (κ3) is 3.17. The average molecular weight is 374 g/mol. The van der Waals surface area contributed by atoms with Gasteiger partial charge in [-0.15, -0.1) is 5.10 Å². The predicted molar refractivity (Wildman–Crippen MR) is 111 cm³/mol. The molecule has 2 heterocycles. The van der Waals surface area contributed by atoms with Crippen LogP contribution in [0, 0.1) is 6.92 Å². The predicted octanol–water partition coefficient (Wildman–Crippen LogP) is 4.20. The van der Waals surface area contributed by atoms with Crippen LogP contribution in [0.1, 0.15) is 19.4 Å². The second kappa shape index (κ2) is 7.31. The Balaban J connectivity index is 1.76. The van der Waals surface area contributed by atoms with Crippen LogP contribution in [0.2, 0.25) is 0 Å². The van der Waals surface area contributed by atoms with Gasteiger partial charge in [-0.2, -0.15) is 0 Å². The highest BCUT2D eigenvalue weighted by atomic mass is 16.4. The molecule has 0 aliphatic rings. The molecule has 0 saturated heterocycles. The van der Waals surface area contributed by atoms with E-state index in [4.69, 9.17) is 4.42 Å². The Kier molecular flexibility index (Phi) is 4.69. The molecule has 2 aromatic heterocycles. The molecule has 0 saturated carbocycles. The summed E-state index contributed by atoms with van der Waals surface area (Å²) in [6, 6.07) is 15.7. The lowest BCUT2D eigenvalue weighted by molar-refractivity contribution is 0.550. The smallest absolute Gasteiger partial charge is 0.362 e. The van der Waals surface area contributed by atoms with E-state index in [-0.39, 0.29) is 0 Å². The van der Waals surface area contributed by atoms with Crippen molar-refractivity contribution in [3.05, 3.63) is 70.7 Å². The van der Waals surface area contributed by atoms with Crippen LogP contribution >= 0.6 is 0 Å². The van der Waals surface area contributed by atoms with Gasteiger partial charge in [0.15, 0.2) is 5.69 Å². The van der Waals surface area contributed by atoms with Gasteiger partial charge in [0.25, 0.3) is 0 Å². The fourth-order valence-electron chi connectivity index (χ4n) is 3.40. The quantitative estimate of drug-likeness (QED) is 0.490. The minimum absolute atomic E-state index is 0.343. The van der Waals surface area contributed by atoms with Gasteiger partial charge in [0, 0.05) is 35.8 Å². The maximum absolute atomic E-state index is 12.6. The van der Waals surface area contributed by atoms with Gasteiger partial charge in [-0.3, -0.25) is 0 Å². The van der Waals surface area contributed by atoms with Gasteiger partial charge in [0.2, 0.25) is 0 Å². The van der Waals surface area contributed by atoms with E-state index >= 15 is 0 Å². The third-order valence-corrected chi connectivity index (χ3v) is 4.99. The molecule has 28 heavy (non-hydrogen) atoms. The summed E-state index contributed by atoms with van der Waals surface area (Å²) in [5.41, 5.74) is 4.32. The first kappa shape index (κ1) is 18.0. The molecule has 0 amide bonds. The standard InChI is InChI=1S/C22H22N4O2/c1-4-25(5-2)17-11-10-16-12-20(22(27)28-21(16)13-17)26-14-19(23-24-26)18-9-7-6-8-15(18)3/h6-14H,4-5H2,1-3H3. The topological polar surface area (TPSA) is 64.2 Å². The maximum Gasteiger partial charge on any atom is 0.362 e. The van der Waals surface area contributed by atoms with Crippen molar-refractivity contribution in [2.45, 2.75) is 20.8 Å². The average Bonchev–Trinajstić information content (AvgIpc) is 3.18. The minimum atomic E-state index is -0.439. The van der Waals surface area contributed by atoms with Crippen LogP contribution in [0.3, 0.4) is 0 Å². The number of hydrogen-bond donors (Lipinski definition) is 0. The van der Waals surface area contributed by atoms with Crippen LogP contribution in [0.15, 0.2) is 63.9 Å². The monoisotopic (exact) mass is 374 g/mol. The first-order chi connectivity index (χ1) is 13.6. The summed E-state index contributed by atoms with van der Waals surface area (Å²) in [4.78, 5) is 14.8. The van der Waals surface area contributed by atoms with Crippen molar-refractivity contribution in [2.75, 3.05) is 18.0 Å². The van der Waals surface area contributed by atoms with Gasteiger partial charge in [-0.05, 0) is 44.5 Å². The molecule has 0 unspecified atom stereocenters. The number of fused-ring (bicyclic) bond motifs is 1. The molecule has 6 heteroatoms. The van der Waals surface area contributed by atoms with Gasteiger partial charge < -0.3 is 9.32 Å². The van der Waals surface area contributed by atoms with Crippen molar-refractivity contribution in [1.29, 1.82) is 0 Å². The lowest BCUT2D eigenvalue weighted by Gasteiger charge is -2.20. The van der Waals surface area contributed by atoms with E-state index in [1.807, 2.05) is 49.4 Å². The molecule has 2 aromatic carbocycles. The van der Waals surface area contributed by atoms with Crippen molar-refractivity contribution in [3.8, 4) is 16.9 Å². The van der Waals surface area contributed by atoms with E-state index in [9.17, 15) is 4.79 Å². The lowest BCUT2D eigenvalue weighted by Crippen LogP contribution is -2.21. The summed E-state index contributed by atoms with van der Waals surface area (Å²) in [6.07, 6.45) is 1.75. The molecule has 0 fully saturated rings. The first-order valence-electron chi connectivity index (χ1n) is 9.42. The zero-order valence-corrected chi connectivity index (χ0v) is 16.2. The Morgan fingerprint density at radius 2 is 1.86 bits per heavy atom. The van der Waals surface area contributed by atoms with E-state index in [0.717, 1.165) is 41.0 Å². The molecule has 4 rings (SSSR count). The van der Waals surface area contributed by atoms with Crippen LogP contribution in [-0.4, -0.2) is 28.1 Å². The number of anilines is 1. The Morgan fingerprint density at radius 3 is 2.61 bits per heavy atom. The van der Waals surface area contributed by atoms with Crippen LogP contribution in [-0.2, 0) is 0 Å². The molecule has 0 spiro atoms. The number of benzene rings is 2. The minimum Gasteiger partial charge on any atom is -0.421 e. The molecular weight excluding hydrogens is 352 g/mol. The number of rotatable bonds is 5. The molecule has 4 aromatic rings. The van der Waals surface area contributed by atoms with Crippen LogP contribution < -0.4 is 10.5 Å². The van der Waals surface area contributed by atoms with Gasteiger partial charge >= 0.3 is 5.63 Å². The van der Waals surface area contributed by atoms with Crippen LogP contribution in [0.25, 0.3) is 27.9 Å². The molecular formula is C22H22N4O2. The maximum atomic E-state index is 12.6. The molecule has 142 valence electrons. The Hall–Kier alpha value is -3.41. The molecule has 0 bridgehead atoms. The summed E-state index contributed by atoms with van der Waals surface area (Å²) < 4.78 is 7.07. The third-order valence-electron chi connectivity index (χ3n) is 4.99. The van der Waals surface area contributed by atoms with E-state index in [1.165, 1.54) is 4.68 Å². The van der Waals surface area contributed by atoms with Gasteiger partial charge in [0.05, 0.1) is 6.20 Å². The fourth-order valence-corrected chi connectivity index (χ4v) is 3.40. The number of hydrogen-bond acceptors (Lipinski definition) is 5. The summed E-state index contributed by atoms with van der Waals surface area (Å²) in [6.45, 7) is 8.01. The second-order valence-electron chi connectivity index (χ2n) is 6.68. The number of aryl methyl sites for hydroxylation is 1. The highest BCUT2D eigenvalue weighted by Crippen LogP contribution is 2.24. The summed E-state index contributed by atoms with van der Waals surface area (Å²) >= 11 is 0. The Morgan fingerprint density at radius 1 is 1.07 bits per heavy atom. The van der Waals surface area contributed by atoms with Gasteiger partial charge in [0.1, 0.15) is 11.3 Å². The molecule has 6 nitrogen and oxygen atoms in total. The van der Waals surface area contributed by atoms with Crippen molar-refractivity contribution in [3.63, 3.8) is 0 Å². The highest BCUT2D eigenvalue weighted by Gasteiger charge is 2.13. The van der Waals surface area contributed by atoms with E-state index < -0.39 is 5.63 Å². The zero-order valence-electron chi connectivity index (χ0n) is 16.2. The van der Waals surface area contributed by atoms with Gasteiger partial charge in [-0.25, -0.2) is 9.48 Å². The molecule has 0 aliphatic heterocycles. The lowest BCUT2D eigenvalue weighted by atomic mass is 10.1. The normalized spacial score (nSPS) is 11.1. The van der Waals surface area contributed by atoms with Gasteiger partial charge in [-0.1, -0.05) is 29.5 Å². The first-order valence-corrected chi connectivity index (χ1v) is 9.42. The van der Waals surface area contributed by atoms with Crippen molar-refractivity contribution in [1.82, 2.24) is 15.0 Å². The van der Waals surface area contributed by atoms with Crippen LogP contribution in [0.4, 0.5) is 5.69 Å². The summed E-state index contributed by atoms with van der Waals surface area (Å²) in [5, 5.41) is 9.22. The molecule has 0 aliphatic carbocycles. The van der Waals surface area contributed by atoms with E-state index in [1.54, 1.807) is 12.3 Å². The van der Waals surface area contributed by atoms with E-state index in [0.29, 0.717) is 11.3 Å². The largest absolute Gasteiger partial charge is 0.421 e. The summed E-state index contributed by atoms with van der Waals surface area (Å²) in [7, 11) is 0. The second-order valence-corrected chi connectivity index (χ2v) is 6.68. The fraction of sp³-hybridized carbons (Fsp3) is 0.227.